The molecule has 22 heavy (non-hydrogen) atoms. The first-order valence-electron chi connectivity index (χ1n) is 6.88. The third-order valence-corrected chi connectivity index (χ3v) is 5.84. The fraction of sp³-hybridized carbons (Fsp3) is 0.333. The van der Waals surface area contributed by atoms with Crippen LogP contribution in [0.3, 0.4) is 0 Å². The highest BCUT2D eigenvalue weighted by Crippen LogP contribution is 2.37. The van der Waals surface area contributed by atoms with E-state index in [4.69, 9.17) is 23.2 Å². The normalized spacial score (nSPS) is 21.2. The maximum Gasteiger partial charge on any atom is 0.308 e. The summed E-state index contributed by atoms with van der Waals surface area (Å²) in [6, 6.07) is 4.93. The van der Waals surface area contributed by atoms with Gasteiger partial charge in [0.2, 0.25) is 0 Å². The number of halogens is 2. The average Bonchev–Trinajstić information content (AvgIpc) is 3.03. The minimum Gasteiger partial charge on any atom is -0.481 e. The molecule has 0 saturated heterocycles. The predicted octanol–water partition coefficient (Wildman–Crippen LogP) is 4.19. The Morgan fingerprint density at radius 2 is 2.05 bits per heavy atom. The second kappa shape index (κ2) is 6.07. The van der Waals surface area contributed by atoms with Crippen LogP contribution >= 0.6 is 34.5 Å². The molecular formula is C15H13Cl2NO3S. The molecule has 1 amide bonds. The molecule has 2 atom stereocenters. The quantitative estimate of drug-likeness (QED) is 0.865. The molecule has 1 fully saturated rings. The lowest BCUT2D eigenvalue weighted by atomic mass is 10.0. The Bertz CT molecular complexity index is 759. The molecule has 0 unspecified atom stereocenters. The van der Waals surface area contributed by atoms with Crippen LogP contribution in [0.5, 0.6) is 0 Å². The number of carbonyl (C=O) groups excluding carboxylic acids is 1. The van der Waals surface area contributed by atoms with E-state index in [0.717, 1.165) is 16.5 Å². The van der Waals surface area contributed by atoms with E-state index in [1.165, 1.54) is 11.3 Å². The number of carbonyl (C=O) groups is 2. The van der Waals surface area contributed by atoms with Crippen molar-refractivity contribution in [3.05, 3.63) is 33.1 Å². The van der Waals surface area contributed by atoms with Gasteiger partial charge in [0.05, 0.1) is 10.9 Å². The first-order valence-corrected chi connectivity index (χ1v) is 8.46. The van der Waals surface area contributed by atoms with Crippen molar-refractivity contribution in [2.45, 2.75) is 25.3 Å². The van der Waals surface area contributed by atoms with Crippen LogP contribution in [0.1, 0.15) is 28.9 Å². The average molecular weight is 358 g/mol. The van der Waals surface area contributed by atoms with Gasteiger partial charge in [-0.1, -0.05) is 35.7 Å². The Kier molecular flexibility index (Phi) is 4.30. The van der Waals surface area contributed by atoms with E-state index >= 15 is 0 Å². The first-order chi connectivity index (χ1) is 10.5. The molecule has 4 nitrogen and oxygen atoms in total. The summed E-state index contributed by atoms with van der Waals surface area (Å²) < 4.78 is 0.837. The largest absolute Gasteiger partial charge is 0.481 e. The van der Waals surface area contributed by atoms with Crippen molar-refractivity contribution in [2.24, 2.45) is 5.92 Å². The zero-order chi connectivity index (χ0) is 15.9. The molecule has 1 aliphatic carbocycles. The Balaban J connectivity index is 1.86. The molecule has 1 aliphatic rings. The van der Waals surface area contributed by atoms with Crippen molar-refractivity contribution in [2.75, 3.05) is 0 Å². The van der Waals surface area contributed by atoms with Crippen LogP contribution in [0, 0.1) is 5.92 Å². The van der Waals surface area contributed by atoms with E-state index in [1.807, 2.05) is 0 Å². The fourth-order valence-corrected chi connectivity index (χ4v) is 4.54. The van der Waals surface area contributed by atoms with E-state index in [2.05, 4.69) is 5.32 Å². The number of thiophene rings is 1. The maximum absolute atomic E-state index is 12.4. The van der Waals surface area contributed by atoms with Gasteiger partial charge < -0.3 is 10.4 Å². The van der Waals surface area contributed by atoms with Crippen molar-refractivity contribution < 1.29 is 14.7 Å². The maximum atomic E-state index is 12.4. The Hall–Kier alpha value is -1.30. The smallest absolute Gasteiger partial charge is 0.308 e. The number of carboxylic acid groups (broad SMARTS) is 1. The molecule has 0 bridgehead atoms. The van der Waals surface area contributed by atoms with Gasteiger partial charge in [0.25, 0.3) is 5.91 Å². The van der Waals surface area contributed by atoms with E-state index in [1.54, 1.807) is 18.2 Å². The second-order valence-electron chi connectivity index (χ2n) is 5.34. The van der Waals surface area contributed by atoms with Gasteiger partial charge in [-0.15, -0.1) is 11.3 Å². The summed E-state index contributed by atoms with van der Waals surface area (Å²) >= 11 is 13.5. The van der Waals surface area contributed by atoms with Gasteiger partial charge in [0.15, 0.2) is 0 Å². The molecule has 1 saturated carbocycles. The number of fused-ring (bicyclic) bond motifs is 1. The highest BCUT2D eigenvalue weighted by molar-refractivity contribution is 7.21. The molecule has 0 aliphatic heterocycles. The zero-order valence-electron chi connectivity index (χ0n) is 11.4. The number of aliphatic carboxylic acids is 1. The number of carboxylic acids is 1. The van der Waals surface area contributed by atoms with Crippen LogP contribution in [0.25, 0.3) is 10.1 Å². The van der Waals surface area contributed by atoms with Crippen molar-refractivity contribution in [3.8, 4) is 0 Å². The van der Waals surface area contributed by atoms with Crippen molar-refractivity contribution in [1.29, 1.82) is 0 Å². The molecule has 3 rings (SSSR count). The third kappa shape index (κ3) is 2.81. The van der Waals surface area contributed by atoms with Crippen LogP contribution in [0.15, 0.2) is 18.2 Å². The van der Waals surface area contributed by atoms with Gasteiger partial charge in [0, 0.05) is 21.2 Å². The summed E-state index contributed by atoms with van der Waals surface area (Å²) in [4.78, 5) is 24.0. The molecular weight excluding hydrogens is 345 g/mol. The highest BCUT2D eigenvalue weighted by atomic mass is 35.5. The van der Waals surface area contributed by atoms with Crippen molar-refractivity contribution in [1.82, 2.24) is 5.32 Å². The van der Waals surface area contributed by atoms with Gasteiger partial charge in [-0.2, -0.15) is 0 Å². The van der Waals surface area contributed by atoms with E-state index in [0.29, 0.717) is 27.8 Å². The monoisotopic (exact) mass is 357 g/mol. The first kappa shape index (κ1) is 15.6. The Morgan fingerprint density at radius 1 is 1.27 bits per heavy atom. The number of benzene rings is 1. The van der Waals surface area contributed by atoms with Crippen LogP contribution in [-0.2, 0) is 4.79 Å². The summed E-state index contributed by atoms with van der Waals surface area (Å²) in [5, 5.41) is 13.7. The Labute approximate surface area is 141 Å². The van der Waals surface area contributed by atoms with Crippen LogP contribution < -0.4 is 5.32 Å². The standard InChI is InChI=1S/C15H13Cl2NO3S/c16-7-4-5-9-11(6-7)22-13(12(9)17)14(19)18-10-3-1-2-8(10)15(20)21/h4-6,8,10H,1-3H2,(H,18,19)(H,20,21)/t8-,10+/m1/s1. The minimum atomic E-state index is -0.864. The molecule has 2 N–H and O–H groups in total. The lowest BCUT2D eigenvalue weighted by Crippen LogP contribution is -2.39. The zero-order valence-corrected chi connectivity index (χ0v) is 13.8. The number of rotatable bonds is 3. The lowest BCUT2D eigenvalue weighted by molar-refractivity contribution is -0.142. The SMILES string of the molecule is O=C(N[C@H]1CCC[C@H]1C(=O)O)c1sc2cc(Cl)ccc2c1Cl. The summed E-state index contributed by atoms with van der Waals surface area (Å²) in [5.41, 5.74) is 0. The van der Waals surface area contributed by atoms with Gasteiger partial charge in [-0.05, 0) is 25.0 Å². The molecule has 0 spiro atoms. The molecule has 1 heterocycles. The molecule has 0 radical (unpaired) electrons. The van der Waals surface area contributed by atoms with Gasteiger partial charge >= 0.3 is 5.97 Å². The summed E-state index contributed by atoms with van der Waals surface area (Å²) in [6.07, 6.45) is 2.07. The third-order valence-electron chi connectivity index (χ3n) is 3.95. The van der Waals surface area contributed by atoms with Gasteiger partial charge in [-0.3, -0.25) is 9.59 Å². The minimum absolute atomic E-state index is 0.319. The topological polar surface area (TPSA) is 66.4 Å². The van der Waals surface area contributed by atoms with Crippen molar-refractivity contribution >= 4 is 56.5 Å². The lowest BCUT2D eigenvalue weighted by Gasteiger charge is -2.17. The van der Waals surface area contributed by atoms with E-state index in [-0.39, 0.29) is 11.9 Å². The number of hydrogen-bond donors (Lipinski definition) is 2. The number of nitrogens with one attached hydrogen (secondary N) is 1. The highest BCUT2D eigenvalue weighted by Gasteiger charge is 2.34. The number of hydrogen-bond acceptors (Lipinski definition) is 3. The summed E-state index contributed by atoms with van der Waals surface area (Å²) in [5.74, 6) is -1.70. The molecule has 116 valence electrons. The summed E-state index contributed by atoms with van der Waals surface area (Å²) in [7, 11) is 0. The Morgan fingerprint density at radius 3 is 2.77 bits per heavy atom. The van der Waals surface area contributed by atoms with Crippen LogP contribution in [0.4, 0.5) is 0 Å². The second-order valence-corrected chi connectivity index (χ2v) is 7.21. The molecule has 1 aromatic heterocycles. The van der Waals surface area contributed by atoms with Crippen molar-refractivity contribution in [3.63, 3.8) is 0 Å². The van der Waals surface area contributed by atoms with Crippen LogP contribution in [-0.4, -0.2) is 23.0 Å². The van der Waals surface area contributed by atoms with E-state index < -0.39 is 11.9 Å². The number of amides is 1. The fourth-order valence-electron chi connectivity index (χ4n) is 2.85. The predicted molar refractivity (Wildman–Crippen MR) is 88.1 cm³/mol. The van der Waals surface area contributed by atoms with Gasteiger partial charge in [0.1, 0.15) is 4.88 Å². The van der Waals surface area contributed by atoms with Gasteiger partial charge in [-0.25, -0.2) is 0 Å². The molecule has 2 aromatic rings. The summed E-state index contributed by atoms with van der Waals surface area (Å²) in [6.45, 7) is 0. The van der Waals surface area contributed by atoms with E-state index in [9.17, 15) is 14.7 Å². The van der Waals surface area contributed by atoms with Crippen LogP contribution in [0.2, 0.25) is 10.0 Å². The molecule has 7 heteroatoms. The molecule has 1 aromatic carbocycles.